The first-order chi connectivity index (χ1) is 17.6. The Bertz CT molecular complexity index is 997. The van der Waals surface area contributed by atoms with Gasteiger partial charge >= 0.3 is 0 Å². The van der Waals surface area contributed by atoms with Crippen molar-refractivity contribution in [2.45, 2.75) is 57.3 Å². The zero-order valence-corrected chi connectivity index (χ0v) is 21.0. The Morgan fingerprint density at radius 2 is 1.81 bits per heavy atom. The predicted octanol–water partition coefficient (Wildman–Crippen LogP) is 4.52. The van der Waals surface area contributed by atoms with Crippen LogP contribution in [0.3, 0.4) is 0 Å². The van der Waals surface area contributed by atoms with Gasteiger partial charge in [-0.25, -0.2) is 0 Å². The Labute approximate surface area is 214 Å². The molecule has 0 radical (unpaired) electrons. The van der Waals surface area contributed by atoms with Gasteiger partial charge in [0.25, 0.3) is 0 Å². The van der Waals surface area contributed by atoms with Crippen LogP contribution in [0.2, 0.25) is 0 Å². The van der Waals surface area contributed by atoms with Gasteiger partial charge in [0.1, 0.15) is 0 Å². The highest BCUT2D eigenvalue weighted by atomic mass is 16.5. The number of carbonyl (C=O) groups is 2. The van der Waals surface area contributed by atoms with E-state index in [4.69, 9.17) is 15.2 Å². The van der Waals surface area contributed by atoms with E-state index in [1.54, 1.807) is 0 Å². The number of hydrogen-bond acceptors (Lipinski definition) is 5. The fraction of sp³-hybridized carbons (Fsp3) is 0.467. The Morgan fingerprint density at radius 3 is 2.58 bits per heavy atom. The molecule has 2 aromatic carbocycles. The average molecular weight is 491 g/mol. The van der Waals surface area contributed by atoms with Gasteiger partial charge in [0, 0.05) is 38.5 Å². The number of carbonyl (C=O) groups excluding carboxylic acids is 2. The Balaban J connectivity index is 1.40. The molecule has 6 nitrogen and oxygen atoms in total. The molecular formula is C30H38N2O4. The molecule has 0 spiro atoms. The lowest BCUT2D eigenvalue weighted by Gasteiger charge is -2.31. The number of allylic oxidation sites excluding steroid dienone is 2. The molecule has 1 heterocycles. The maximum Gasteiger partial charge on any atom is 0.217 e. The third kappa shape index (κ3) is 7.36. The third-order valence-electron chi connectivity index (χ3n) is 7.16. The van der Waals surface area contributed by atoms with E-state index >= 15 is 0 Å². The first kappa shape index (κ1) is 26.3. The number of benzene rings is 2. The summed E-state index contributed by atoms with van der Waals surface area (Å²) in [4.78, 5) is 26.5. The molecule has 3 atom stereocenters. The molecule has 1 amide bonds. The molecule has 2 aromatic rings. The number of ketones is 1. The highest BCUT2D eigenvalue weighted by molar-refractivity contribution is 5.87. The maximum absolute atomic E-state index is 13.2. The van der Waals surface area contributed by atoms with Gasteiger partial charge in [-0.15, -0.1) is 0 Å². The standard InChI is InChI=1S/C30H38N2O4/c31-29(34)12-7-2-1-6-11-26-28(21-27(33)30(26)32-17-8-19-35-20-18-32)36-22-23-13-15-25(16-14-23)24-9-4-3-5-10-24/h1,3-6,9-10,13-16,26,28,30H,2,7-8,11-12,17-22H2,(H2,31,34)/t26-,28-,30+/m0/s1. The quantitative estimate of drug-likeness (QED) is 0.370. The molecule has 2 fully saturated rings. The monoisotopic (exact) mass is 490 g/mol. The summed E-state index contributed by atoms with van der Waals surface area (Å²) < 4.78 is 12.0. The lowest BCUT2D eigenvalue weighted by Crippen LogP contribution is -2.44. The first-order valence-corrected chi connectivity index (χ1v) is 13.2. The van der Waals surface area contributed by atoms with Crippen LogP contribution in [0.15, 0.2) is 66.7 Å². The van der Waals surface area contributed by atoms with E-state index < -0.39 is 0 Å². The van der Waals surface area contributed by atoms with Crippen molar-refractivity contribution in [1.82, 2.24) is 4.90 Å². The van der Waals surface area contributed by atoms with E-state index in [-0.39, 0.29) is 29.8 Å². The fourth-order valence-corrected chi connectivity index (χ4v) is 5.29. The van der Waals surface area contributed by atoms with Gasteiger partial charge in [-0.1, -0.05) is 66.7 Å². The Kier molecular flexibility index (Phi) is 9.84. The van der Waals surface area contributed by atoms with Crippen molar-refractivity contribution in [3.8, 4) is 11.1 Å². The lowest BCUT2D eigenvalue weighted by molar-refractivity contribution is -0.123. The van der Waals surface area contributed by atoms with E-state index in [1.807, 2.05) is 18.2 Å². The van der Waals surface area contributed by atoms with Crippen molar-refractivity contribution < 1.29 is 19.1 Å². The molecule has 0 bridgehead atoms. The van der Waals surface area contributed by atoms with Gasteiger partial charge in [0.2, 0.25) is 5.91 Å². The van der Waals surface area contributed by atoms with Gasteiger partial charge in [0.05, 0.1) is 25.4 Å². The second-order valence-corrected chi connectivity index (χ2v) is 9.76. The predicted molar refractivity (Wildman–Crippen MR) is 141 cm³/mol. The van der Waals surface area contributed by atoms with Crippen molar-refractivity contribution in [2.24, 2.45) is 11.7 Å². The molecule has 1 aliphatic heterocycles. The van der Waals surface area contributed by atoms with Gasteiger partial charge in [-0.05, 0) is 42.4 Å². The Morgan fingerprint density at radius 1 is 1.03 bits per heavy atom. The number of amides is 1. The number of nitrogens with zero attached hydrogens (tertiary/aromatic N) is 1. The number of nitrogens with two attached hydrogens (primary N) is 1. The van der Waals surface area contributed by atoms with Crippen molar-refractivity contribution in [1.29, 1.82) is 0 Å². The molecule has 1 saturated heterocycles. The van der Waals surface area contributed by atoms with Crippen molar-refractivity contribution >= 4 is 11.7 Å². The Hall–Kier alpha value is -2.80. The minimum Gasteiger partial charge on any atom is -0.380 e. The van der Waals surface area contributed by atoms with E-state index in [0.717, 1.165) is 50.9 Å². The SMILES string of the molecule is NC(=O)CCCC=CC[C@H]1[C@@H](OCc2ccc(-c3ccccc3)cc2)CC(=O)[C@@H]1N1CCCOCC1. The number of ether oxygens (including phenoxy) is 2. The number of primary amides is 1. The summed E-state index contributed by atoms with van der Waals surface area (Å²) in [5, 5.41) is 0. The molecule has 0 unspecified atom stereocenters. The minimum atomic E-state index is -0.265. The van der Waals surface area contributed by atoms with Gasteiger partial charge in [0.15, 0.2) is 5.78 Å². The number of rotatable bonds is 11. The van der Waals surface area contributed by atoms with Crippen LogP contribution >= 0.6 is 0 Å². The number of hydrogen-bond donors (Lipinski definition) is 1. The van der Waals surface area contributed by atoms with E-state index in [0.29, 0.717) is 26.1 Å². The van der Waals surface area contributed by atoms with E-state index in [9.17, 15) is 9.59 Å². The van der Waals surface area contributed by atoms with Gasteiger partial charge in [-0.3, -0.25) is 14.5 Å². The summed E-state index contributed by atoms with van der Waals surface area (Å²) in [6.45, 7) is 3.56. The summed E-state index contributed by atoms with van der Waals surface area (Å²) in [6.07, 6.45) is 8.27. The lowest BCUT2D eigenvalue weighted by atomic mass is 9.95. The molecule has 2 aliphatic rings. The second-order valence-electron chi connectivity index (χ2n) is 9.76. The average Bonchev–Trinajstić information content (AvgIpc) is 3.03. The van der Waals surface area contributed by atoms with Gasteiger partial charge < -0.3 is 15.2 Å². The van der Waals surface area contributed by atoms with Crippen molar-refractivity contribution in [3.63, 3.8) is 0 Å². The third-order valence-corrected chi connectivity index (χ3v) is 7.16. The van der Waals surface area contributed by atoms with Gasteiger partial charge in [-0.2, -0.15) is 0 Å². The first-order valence-electron chi connectivity index (χ1n) is 13.2. The second kappa shape index (κ2) is 13.5. The largest absolute Gasteiger partial charge is 0.380 e. The van der Waals surface area contributed by atoms with Crippen LogP contribution in [0.1, 0.15) is 44.1 Å². The molecule has 1 saturated carbocycles. The summed E-state index contributed by atoms with van der Waals surface area (Å²) in [5.41, 5.74) is 8.72. The molecule has 4 rings (SSSR count). The zero-order chi connectivity index (χ0) is 25.2. The summed E-state index contributed by atoms with van der Waals surface area (Å²) in [5.74, 6) is 0.110. The van der Waals surface area contributed by atoms with Crippen molar-refractivity contribution in [2.75, 3.05) is 26.3 Å². The van der Waals surface area contributed by atoms with Crippen LogP contribution in [-0.4, -0.2) is 55.0 Å². The maximum atomic E-state index is 13.2. The summed E-state index contributed by atoms with van der Waals surface area (Å²) >= 11 is 0. The topological polar surface area (TPSA) is 81.9 Å². The number of Topliss-reactive ketones (excluding diaryl/α,β-unsaturated/α-hetero) is 1. The molecule has 0 aromatic heterocycles. The van der Waals surface area contributed by atoms with Crippen LogP contribution in [-0.2, 0) is 25.7 Å². The molecule has 2 N–H and O–H groups in total. The minimum absolute atomic E-state index is 0.103. The molecular weight excluding hydrogens is 452 g/mol. The van der Waals surface area contributed by atoms with E-state index in [1.165, 1.54) is 11.1 Å². The smallest absolute Gasteiger partial charge is 0.217 e. The normalized spacial score (nSPS) is 23.2. The summed E-state index contributed by atoms with van der Waals surface area (Å²) in [7, 11) is 0. The molecule has 192 valence electrons. The molecule has 1 aliphatic carbocycles. The highest BCUT2D eigenvalue weighted by Gasteiger charge is 2.45. The molecule has 36 heavy (non-hydrogen) atoms. The van der Waals surface area contributed by atoms with Crippen LogP contribution in [0, 0.1) is 5.92 Å². The molecule has 6 heteroatoms. The van der Waals surface area contributed by atoms with Crippen LogP contribution in [0.4, 0.5) is 0 Å². The van der Waals surface area contributed by atoms with Crippen LogP contribution in [0.5, 0.6) is 0 Å². The van der Waals surface area contributed by atoms with Crippen molar-refractivity contribution in [3.05, 3.63) is 72.3 Å². The van der Waals surface area contributed by atoms with Crippen LogP contribution in [0.25, 0.3) is 11.1 Å². The van der Waals surface area contributed by atoms with E-state index in [2.05, 4.69) is 53.5 Å². The number of unbranched alkanes of at least 4 members (excludes halogenated alkanes) is 1. The highest BCUT2D eigenvalue weighted by Crippen LogP contribution is 2.34. The fourth-order valence-electron chi connectivity index (χ4n) is 5.29. The summed E-state index contributed by atoms with van der Waals surface area (Å²) in [6, 6.07) is 18.7. The van der Waals surface area contributed by atoms with Crippen LogP contribution < -0.4 is 5.73 Å². The zero-order valence-electron chi connectivity index (χ0n) is 21.0.